The van der Waals surface area contributed by atoms with Gasteiger partial charge < -0.3 is 15.3 Å². The lowest BCUT2D eigenvalue weighted by atomic mass is 9.97. The van der Waals surface area contributed by atoms with Crippen LogP contribution in [0.2, 0.25) is 0 Å². The quantitative estimate of drug-likeness (QED) is 0.516. The molecule has 8 heteroatoms. The lowest BCUT2D eigenvalue weighted by Crippen LogP contribution is -2.59. The van der Waals surface area contributed by atoms with Gasteiger partial charge in [-0.3, -0.25) is 4.98 Å². The number of halogens is 1. The van der Waals surface area contributed by atoms with Gasteiger partial charge in [-0.1, -0.05) is 0 Å². The molecule has 4 aromatic rings. The minimum absolute atomic E-state index is 0.0639. The van der Waals surface area contributed by atoms with Crippen LogP contribution in [-0.2, 0) is 0 Å². The number of hydrogen-bond acceptors (Lipinski definition) is 6. The number of hydrogen-bond donors (Lipinski definition) is 2. The first-order valence-electron chi connectivity index (χ1n) is 10.7. The highest BCUT2D eigenvalue weighted by atomic mass is 19.1. The summed E-state index contributed by atoms with van der Waals surface area (Å²) >= 11 is 0. The fourth-order valence-electron chi connectivity index (χ4n) is 4.10. The summed E-state index contributed by atoms with van der Waals surface area (Å²) in [6, 6.07) is 14.0. The number of aromatic nitrogens is 4. The number of anilines is 1. The van der Waals surface area contributed by atoms with Gasteiger partial charge in [0.25, 0.3) is 0 Å². The SMILES string of the molecule is CC(C)(O)C1CN(c2ccc3nc(-c4ccc(F)cc4)c(-c4ccncc4)n3n2)CCN1. The number of rotatable bonds is 4. The number of nitrogens with zero attached hydrogens (tertiary/aromatic N) is 5. The van der Waals surface area contributed by atoms with E-state index >= 15 is 0 Å². The van der Waals surface area contributed by atoms with Crippen LogP contribution in [-0.4, -0.2) is 56.0 Å². The average Bonchev–Trinajstić information content (AvgIpc) is 3.18. The van der Waals surface area contributed by atoms with Crippen molar-refractivity contribution in [1.29, 1.82) is 0 Å². The molecule has 0 spiro atoms. The van der Waals surface area contributed by atoms with E-state index < -0.39 is 5.60 Å². The summed E-state index contributed by atoms with van der Waals surface area (Å²) in [4.78, 5) is 11.1. The van der Waals surface area contributed by atoms with Gasteiger partial charge in [0.05, 0.1) is 17.3 Å². The van der Waals surface area contributed by atoms with E-state index in [4.69, 9.17) is 10.1 Å². The third kappa shape index (κ3) is 3.83. The first-order chi connectivity index (χ1) is 15.4. The lowest BCUT2D eigenvalue weighted by molar-refractivity contribution is 0.0363. The predicted octanol–water partition coefficient (Wildman–Crippen LogP) is 3.15. The third-order valence-corrected chi connectivity index (χ3v) is 5.89. The highest BCUT2D eigenvalue weighted by Crippen LogP contribution is 2.33. The van der Waals surface area contributed by atoms with E-state index in [1.165, 1.54) is 12.1 Å². The summed E-state index contributed by atoms with van der Waals surface area (Å²) in [5.41, 5.74) is 3.16. The molecular formula is C24H25FN6O. The van der Waals surface area contributed by atoms with Gasteiger partial charge in [0.1, 0.15) is 17.3 Å². The Balaban J connectivity index is 1.63. The summed E-state index contributed by atoms with van der Waals surface area (Å²) in [7, 11) is 0. The fraction of sp³-hybridized carbons (Fsp3) is 0.292. The van der Waals surface area contributed by atoms with Crippen molar-refractivity contribution in [2.45, 2.75) is 25.5 Å². The van der Waals surface area contributed by atoms with Gasteiger partial charge >= 0.3 is 0 Å². The highest BCUT2D eigenvalue weighted by molar-refractivity contribution is 5.81. The van der Waals surface area contributed by atoms with Crippen LogP contribution < -0.4 is 10.2 Å². The molecular weight excluding hydrogens is 407 g/mol. The number of benzene rings is 1. The number of imidazole rings is 1. The summed E-state index contributed by atoms with van der Waals surface area (Å²) in [6.45, 7) is 5.83. The number of aliphatic hydroxyl groups is 1. The van der Waals surface area contributed by atoms with Crippen LogP contribution in [0.1, 0.15) is 13.8 Å². The van der Waals surface area contributed by atoms with E-state index in [0.717, 1.165) is 41.4 Å². The van der Waals surface area contributed by atoms with E-state index in [0.29, 0.717) is 12.2 Å². The zero-order valence-electron chi connectivity index (χ0n) is 18.0. The van der Waals surface area contributed by atoms with Crippen molar-refractivity contribution in [3.8, 4) is 22.5 Å². The molecule has 3 aromatic heterocycles. The van der Waals surface area contributed by atoms with Crippen molar-refractivity contribution in [2.24, 2.45) is 0 Å². The van der Waals surface area contributed by atoms with Crippen molar-refractivity contribution in [3.05, 3.63) is 66.7 Å². The maximum atomic E-state index is 13.5. The van der Waals surface area contributed by atoms with E-state index in [-0.39, 0.29) is 11.9 Å². The molecule has 32 heavy (non-hydrogen) atoms. The molecule has 7 nitrogen and oxygen atoms in total. The zero-order valence-corrected chi connectivity index (χ0v) is 18.0. The third-order valence-electron chi connectivity index (χ3n) is 5.89. The molecule has 0 saturated carbocycles. The topological polar surface area (TPSA) is 78.6 Å². The van der Waals surface area contributed by atoms with Gasteiger partial charge in [-0.05, 0) is 62.4 Å². The highest BCUT2D eigenvalue weighted by Gasteiger charge is 2.32. The molecule has 0 radical (unpaired) electrons. The molecule has 1 aromatic carbocycles. The zero-order chi connectivity index (χ0) is 22.3. The van der Waals surface area contributed by atoms with Crippen molar-refractivity contribution in [1.82, 2.24) is 24.9 Å². The molecule has 1 aliphatic rings. The second-order valence-corrected chi connectivity index (χ2v) is 8.62. The minimum Gasteiger partial charge on any atom is -0.389 e. The molecule has 164 valence electrons. The molecule has 0 amide bonds. The first-order valence-corrected chi connectivity index (χ1v) is 10.7. The maximum absolute atomic E-state index is 13.5. The largest absolute Gasteiger partial charge is 0.389 e. The monoisotopic (exact) mass is 432 g/mol. The van der Waals surface area contributed by atoms with E-state index in [9.17, 15) is 9.50 Å². The van der Waals surface area contributed by atoms with Gasteiger partial charge in [-0.25, -0.2) is 13.9 Å². The fourth-order valence-corrected chi connectivity index (χ4v) is 4.10. The van der Waals surface area contributed by atoms with Crippen molar-refractivity contribution in [3.63, 3.8) is 0 Å². The van der Waals surface area contributed by atoms with Crippen LogP contribution in [0.3, 0.4) is 0 Å². The maximum Gasteiger partial charge on any atom is 0.155 e. The lowest BCUT2D eigenvalue weighted by Gasteiger charge is -2.39. The predicted molar refractivity (Wildman–Crippen MR) is 122 cm³/mol. The molecule has 1 atom stereocenters. The van der Waals surface area contributed by atoms with Crippen LogP contribution in [0.25, 0.3) is 28.2 Å². The number of piperazine rings is 1. The Morgan fingerprint density at radius 1 is 1.03 bits per heavy atom. The van der Waals surface area contributed by atoms with E-state index in [1.54, 1.807) is 24.5 Å². The Hall–Kier alpha value is -3.36. The molecule has 1 unspecified atom stereocenters. The number of pyridine rings is 1. The molecule has 0 bridgehead atoms. The van der Waals surface area contributed by atoms with Crippen molar-refractivity contribution in [2.75, 3.05) is 24.5 Å². The van der Waals surface area contributed by atoms with Crippen LogP contribution in [0.5, 0.6) is 0 Å². The number of fused-ring (bicyclic) bond motifs is 1. The second-order valence-electron chi connectivity index (χ2n) is 8.62. The smallest absolute Gasteiger partial charge is 0.155 e. The van der Waals surface area contributed by atoms with Crippen molar-refractivity contribution < 1.29 is 9.50 Å². The van der Waals surface area contributed by atoms with Crippen LogP contribution in [0.15, 0.2) is 60.9 Å². The first kappa shape index (κ1) is 20.5. The molecule has 1 aliphatic heterocycles. The Labute approximate surface area is 185 Å². The second kappa shape index (κ2) is 7.96. The Morgan fingerprint density at radius 2 is 1.78 bits per heavy atom. The Morgan fingerprint density at radius 3 is 2.50 bits per heavy atom. The average molecular weight is 433 g/mol. The van der Waals surface area contributed by atoms with Gasteiger partial charge in [0.2, 0.25) is 0 Å². The van der Waals surface area contributed by atoms with Crippen LogP contribution in [0, 0.1) is 5.82 Å². The molecule has 2 N–H and O–H groups in total. The molecule has 4 heterocycles. The van der Waals surface area contributed by atoms with Crippen LogP contribution in [0.4, 0.5) is 10.2 Å². The summed E-state index contributed by atoms with van der Waals surface area (Å²) in [5, 5.41) is 18.8. The van der Waals surface area contributed by atoms with E-state index in [2.05, 4.69) is 15.2 Å². The van der Waals surface area contributed by atoms with Crippen LogP contribution >= 0.6 is 0 Å². The van der Waals surface area contributed by atoms with Gasteiger partial charge in [-0.15, -0.1) is 5.10 Å². The minimum atomic E-state index is -0.838. The van der Waals surface area contributed by atoms with Gasteiger partial charge in [0.15, 0.2) is 5.65 Å². The molecule has 5 rings (SSSR count). The summed E-state index contributed by atoms with van der Waals surface area (Å²) in [6.07, 6.45) is 3.47. The summed E-state index contributed by atoms with van der Waals surface area (Å²) in [5.74, 6) is 0.523. The molecule has 1 saturated heterocycles. The molecule has 0 aliphatic carbocycles. The van der Waals surface area contributed by atoms with Gasteiger partial charge in [0, 0.05) is 43.2 Å². The van der Waals surface area contributed by atoms with Crippen molar-refractivity contribution >= 4 is 11.5 Å². The van der Waals surface area contributed by atoms with E-state index in [1.807, 2.05) is 42.6 Å². The summed E-state index contributed by atoms with van der Waals surface area (Å²) < 4.78 is 15.4. The normalized spacial score (nSPS) is 17.1. The molecule has 1 fully saturated rings. The Bertz CT molecular complexity index is 1230. The number of nitrogens with one attached hydrogen (secondary N) is 1. The standard InChI is InChI=1S/C24H25FN6O/c1-24(2,32)19-15-30(14-13-27-19)21-8-7-20-28-22(16-3-5-18(25)6-4-16)23(31(20)29-21)17-9-11-26-12-10-17/h3-12,19,27,32H,13-15H2,1-2H3. The van der Waals surface area contributed by atoms with Gasteiger partial charge in [-0.2, -0.15) is 0 Å². The Kier molecular flexibility index (Phi) is 5.11.